The molecule has 4 nitrogen and oxygen atoms in total. The van der Waals surface area contributed by atoms with Gasteiger partial charge in [-0.1, -0.05) is 28.1 Å². The van der Waals surface area contributed by atoms with Gasteiger partial charge in [-0.2, -0.15) is 0 Å². The van der Waals surface area contributed by atoms with E-state index in [1.807, 2.05) is 24.3 Å². The van der Waals surface area contributed by atoms with E-state index in [-0.39, 0.29) is 23.3 Å². The molecule has 1 atom stereocenters. The van der Waals surface area contributed by atoms with E-state index < -0.39 is 9.84 Å². The van der Waals surface area contributed by atoms with Crippen molar-refractivity contribution < 1.29 is 13.2 Å². The fourth-order valence-electron chi connectivity index (χ4n) is 1.94. The molecular formula is C12H14BrNO3S. The van der Waals surface area contributed by atoms with Crippen LogP contribution in [0.2, 0.25) is 0 Å². The number of rotatable bonds is 3. The fourth-order valence-corrected chi connectivity index (χ4v) is 3.94. The van der Waals surface area contributed by atoms with Crippen molar-refractivity contribution in [3.8, 4) is 0 Å². The van der Waals surface area contributed by atoms with Crippen LogP contribution in [0.5, 0.6) is 0 Å². The van der Waals surface area contributed by atoms with Gasteiger partial charge < -0.3 is 5.32 Å². The van der Waals surface area contributed by atoms with Crippen molar-refractivity contribution in [2.75, 3.05) is 11.5 Å². The first-order chi connectivity index (χ1) is 8.46. The van der Waals surface area contributed by atoms with Crippen molar-refractivity contribution in [2.24, 2.45) is 5.92 Å². The van der Waals surface area contributed by atoms with Gasteiger partial charge in [-0.3, -0.25) is 4.79 Å². The number of halogens is 1. The average molecular weight is 332 g/mol. The number of carbonyl (C=O) groups excluding carboxylic acids is 1. The Morgan fingerprint density at radius 1 is 1.33 bits per heavy atom. The zero-order chi connectivity index (χ0) is 13.2. The summed E-state index contributed by atoms with van der Waals surface area (Å²) in [6.45, 7) is 0.433. The molecule has 0 aliphatic carbocycles. The highest BCUT2D eigenvalue weighted by Crippen LogP contribution is 2.18. The Hall–Kier alpha value is -0.880. The van der Waals surface area contributed by atoms with Crippen LogP contribution in [0.25, 0.3) is 0 Å². The monoisotopic (exact) mass is 331 g/mol. The van der Waals surface area contributed by atoms with E-state index in [9.17, 15) is 13.2 Å². The number of carbonyl (C=O) groups is 1. The Morgan fingerprint density at radius 3 is 2.56 bits per heavy atom. The van der Waals surface area contributed by atoms with Gasteiger partial charge in [0.2, 0.25) is 5.91 Å². The molecule has 1 saturated heterocycles. The number of hydrogen-bond acceptors (Lipinski definition) is 3. The van der Waals surface area contributed by atoms with E-state index in [4.69, 9.17) is 0 Å². The maximum atomic E-state index is 11.8. The number of benzene rings is 1. The lowest BCUT2D eigenvalue weighted by Crippen LogP contribution is -2.30. The quantitative estimate of drug-likeness (QED) is 0.912. The minimum Gasteiger partial charge on any atom is -0.352 e. The second-order valence-corrected chi connectivity index (χ2v) is 7.59. The summed E-state index contributed by atoms with van der Waals surface area (Å²) in [5.41, 5.74) is 0.993. The third-order valence-electron chi connectivity index (χ3n) is 2.98. The van der Waals surface area contributed by atoms with Crippen molar-refractivity contribution in [3.05, 3.63) is 34.3 Å². The zero-order valence-electron chi connectivity index (χ0n) is 9.73. The van der Waals surface area contributed by atoms with Gasteiger partial charge in [0, 0.05) is 11.0 Å². The molecule has 0 radical (unpaired) electrons. The maximum Gasteiger partial charge on any atom is 0.224 e. The van der Waals surface area contributed by atoms with Crippen molar-refractivity contribution in [1.82, 2.24) is 5.32 Å². The van der Waals surface area contributed by atoms with E-state index in [2.05, 4.69) is 21.2 Å². The van der Waals surface area contributed by atoms with Crippen LogP contribution in [0, 0.1) is 5.92 Å². The summed E-state index contributed by atoms with van der Waals surface area (Å²) in [6.07, 6.45) is 0.439. The van der Waals surface area contributed by atoms with Crippen LogP contribution in [0.3, 0.4) is 0 Å². The van der Waals surface area contributed by atoms with Crippen LogP contribution < -0.4 is 5.32 Å². The van der Waals surface area contributed by atoms with Crippen LogP contribution in [-0.2, 0) is 21.2 Å². The first kappa shape index (κ1) is 13.5. The Bertz CT molecular complexity index is 539. The molecule has 2 rings (SSSR count). The van der Waals surface area contributed by atoms with Gasteiger partial charge >= 0.3 is 0 Å². The van der Waals surface area contributed by atoms with Gasteiger partial charge in [-0.15, -0.1) is 0 Å². The van der Waals surface area contributed by atoms with E-state index in [0.29, 0.717) is 13.0 Å². The third kappa shape index (κ3) is 3.55. The molecule has 1 aliphatic rings. The molecule has 0 spiro atoms. The molecule has 0 bridgehead atoms. The standard InChI is InChI=1S/C12H14BrNO3S/c13-11-3-1-9(2-4-11)7-14-12(15)10-5-6-18(16,17)8-10/h1-4,10H,5-8H2,(H,14,15). The molecule has 1 aromatic carbocycles. The number of nitrogens with one attached hydrogen (secondary N) is 1. The largest absolute Gasteiger partial charge is 0.352 e. The van der Waals surface area contributed by atoms with E-state index in [0.717, 1.165) is 10.0 Å². The van der Waals surface area contributed by atoms with E-state index in [1.165, 1.54) is 0 Å². The van der Waals surface area contributed by atoms with Gasteiger partial charge in [0.1, 0.15) is 0 Å². The minimum absolute atomic E-state index is 0.0147. The van der Waals surface area contributed by atoms with Gasteiger partial charge in [0.05, 0.1) is 17.4 Å². The normalized spacial score (nSPS) is 21.7. The molecule has 1 amide bonds. The molecule has 1 fully saturated rings. The summed E-state index contributed by atoms with van der Waals surface area (Å²) in [4.78, 5) is 11.8. The van der Waals surface area contributed by atoms with Crippen molar-refractivity contribution >= 4 is 31.7 Å². The minimum atomic E-state index is -3.00. The molecule has 0 aromatic heterocycles. The van der Waals surface area contributed by atoms with Crippen molar-refractivity contribution in [3.63, 3.8) is 0 Å². The number of hydrogen-bond donors (Lipinski definition) is 1. The lowest BCUT2D eigenvalue weighted by atomic mass is 10.1. The van der Waals surface area contributed by atoms with Crippen LogP contribution in [0.4, 0.5) is 0 Å². The molecule has 98 valence electrons. The highest BCUT2D eigenvalue weighted by atomic mass is 79.9. The smallest absolute Gasteiger partial charge is 0.224 e. The van der Waals surface area contributed by atoms with Gasteiger partial charge in [-0.05, 0) is 24.1 Å². The topological polar surface area (TPSA) is 63.2 Å². The summed E-state index contributed by atoms with van der Waals surface area (Å²) < 4.78 is 23.5. The summed E-state index contributed by atoms with van der Waals surface area (Å²) in [5.74, 6) is -0.438. The third-order valence-corrected chi connectivity index (χ3v) is 5.28. The van der Waals surface area contributed by atoms with Crippen LogP contribution in [-0.4, -0.2) is 25.8 Å². The lowest BCUT2D eigenvalue weighted by molar-refractivity contribution is -0.124. The first-order valence-corrected chi connectivity index (χ1v) is 8.30. The first-order valence-electron chi connectivity index (χ1n) is 5.69. The van der Waals surface area contributed by atoms with Gasteiger partial charge in [0.15, 0.2) is 9.84 Å². The van der Waals surface area contributed by atoms with Gasteiger partial charge in [-0.25, -0.2) is 8.42 Å². The predicted octanol–water partition coefficient (Wildman–Crippen LogP) is 1.50. The molecule has 1 aliphatic heterocycles. The number of sulfone groups is 1. The molecule has 1 aromatic rings. The summed E-state index contributed by atoms with van der Waals surface area (Å²) in [7, 11) is -3.00. The van der Waals surface area contributed by atoms with Crippen molar-refractivity contribution in [2.45, 2.75) is 13.0 Å². The Labute approximate surface area is 115 Å². The zero-order valence-corrected chi connectivity index (χ0v) is 12.1. The average Bonchev–Trinajstić information content (AvgIpc) is 2.69. The SMILES string of the molecule is O=C(NCc1ccc(Br)cc1)C1CCS(=O)(=O)C1. The Balaban J connectivity index is 1.87. The maximum absolute atomic E-state index is 11.8. The Morgan fingerprint density at radius 2 is 2.00 bits per heavy atom. The summed E-state index contributed by atoms with van der Waals surface area (Å²) in [6, 6.07) is 7.63. The summed E-state index contributed by atoms with van der Waals surface area (Å²) in [5, 5.41) is 2.78. The van der Waals surface area contributed by atoms with E-state index in [1.54, 1.807) is 0 Å². The lowest BCUT2D eigenvalue weighted by Gasteiger charge is -2.09. The number of amides is 1. The highest BCUT2D eigenvalue weighted by molar-refractivity contribution is 9.10. The predicted molar refractivity (Wildman–Crippen MR) is 72.7 cm³/mol. The molecule has 0 saturated carbocycles. The Kier molecular flexibility index (Phi) is 4.07. The van der Waals surface area contributed by atoms with Crippen LogP contribution >= 0.6 is 15.9 Å². The molecular weight excluding hydrogens is 318 g/mol. The molecule has 6 heteroatoms. The molecule has 1 N–H and O–H groups in total. The van der Waals surface area contributed by atoms with Crippen LogP contribution in [0.1, 0.15) is 12.0 Å². The van der Waals surface area contributed by atoms with Crippen LogP contribution in [0.15, 0.2) is 28.7 Å². The fraction of sp³-hybridized carbons (Fsp3) is 0.417. The highest BCUT2D eigenvalue weighted by Gasteiger charge is 2.32. The van der Waals surface area contributed by atoms with Gasteiger partial charge in [0.25, 0.3) is 0 Å². The second-order valence-electron chi connectivity index (χ2n) is 4.44. The van der Waals surface area contributed by atoms with Crippen molar-refractivity contribution in [1.29, 1.82) is 0 Å². The molecule has 1 heterocycles. The molecule has 18 heavy (non-hydrogen) atoms. The van der Waals surface area contributed by atoms with E-state index >= 15 is 0 Å². The summed E-state index contributed by atoms with van der Waals surface area (Å²) >= 11 is 3.34. The molecule has 1 unspecified atom stereocenters. The second kappa shape index (κ2) is 5.40.